The van der Waals surface area contributed by atoms with E-state index in [0.29, 0.717) is 10.0 Å². The van der Waals surface area contributed by atoms with Crippen molar-refractivity contribution in [1.82, 2.24) is 5.43 Å². The summed E-state index contributed by atoms with van der Waals surface area (Å²) in [6.45, 7) is 1.78. The molecule has 6 heteroatoms. The molecule has 0 aliphatic heterocycles. The van der Waals surface area contributed by atoms with Crippen molar-refractivity contribution in [3.05, 3.63) is 76.3 Å². The Morgan fingerprint density at radius 3 is 2.54 bits per heavy atom. The largest absolute Gasteiger partial charge is 0.374 e. The Hall–Kier alpha value is -2.56. The number of hydrazone groups is 1. The Morgan fingerprint density at radius 1 is 1.00 bits per heavy atom. The summed E-state index contributed by atoms with van der Waals surface area (Å²) in [6.07, 6.45) is 1.52. The van der Waals surface area contributed by atoms with Gasteiger partial charge in [0, 0.05) is 5.69 Å². The molecule has 2 N–H and O–H groups in total. The summed E-state index contributed by atoms with van der Waals surface area (Å²) < 4.78 is 0. The maximum Gasteiger partial charge on any atom is 0.262 e. The van der Waals surface area contributed by atoms with Gasteiger partial charge in [-0.25, -0.2) is 5.43 Å². The van der Waals surface area contributed by atoms with E-state index in [1.54, 1.807) is 25.1 Å². The van der Waals surface area contributed by atoms with Crippen LogP contribution in [0.5, 0.6) is 0 Å². The van der Waals surface area contributed by atoms with Gasteiger partial charge >= 0.3 is 0 Å². The third-order valence-electron chi connectivity index (χ3n) is 3.86. The van der Waals surface area contributed by atoms with E-state index in [9.17, 15) is 4.79 Å². The van der Waals surface area contributed by atoms with E-state index >= 15 is 0 Å². The number of benzene rings is 3. The van der Waals surface area contributed by atoms with Crippen LogP contribution >= 0.6 is 23.2 Å². The highest BCUT2D eigenvalue weighted by Crippen LogP contribution is 2.22. The van der Waals surface area contributed by atoms with Crippen molar-refractivity contribution in [2.24, 2.45) is 5.10 Å². The van der Waals surface area contributed by atoms with Gasteiger partial charge in [-0.3, -0.25) is 4.79 Å². The van der Waals surface area contributed by atoms with Gasteiger partial charge in [0.05, 0.1) is 16.3 Å². The highest BCUT2D eigenvalue weighted by atomic mass is 35.5. The maximum atomic E-state index is 12.2. The highest BCUT2D eigenvalue weighted by Gasteiger charge is 2.11. The van der Waals surface area contributed by atoms with Crippen molar-refractivity contribution < 1.29 is 4.79 Å². The van der Waals surface area contributed by atoms with Crippen LogP contribution < -0.4 is 10.7 Å². The van der Waals surface area contributed by atoms with E-state index in [4.69, 9.17) is 23.2 Å². The van der Waals surface area contributed by atoms with E-state index in [1.165, 1.54) is 6.21 Å². The number of nitrogens with zero attached hydrogens (tertiary/aromatic N) is 1. The molecular formula is C20H17Cl2N3O. The number of carbonyl (C=O) groups excluding carboxylic acids is 1. The molecule has 1 unspecified atom stereocenters. The van der Waals surface area contributed by atoms with Crippen LogP contribution in [0.2, 0.25) is 10.0 Å². The van der Waals surface area contributed by atoms with Crippen molar-refractivity contribution in [3.63, 3.8) is 0 Å². The average molecular weight is 386 g/mol. The SMILES string of the molecule is CC(Nc1ccc2ccccc2c1)C(=O)NN=Cc1ccc(Cl)c(Cl)c1. The van der Waals surface area contributed by atoms with E-state index in [2.05, 4.69) is 15.8 Å². The lowest BCUT2D eigenvalue weighted by Gasteiger charge is -2.14. The molecule has 3 aromatic carbocycles. The second-order valence-electron chi connectivity index (χ2n) is 5.84. The molecule has 0 saturated carbocycles. The van der Waals surface area contributed by atoms with Gasteiger partial charge in [-0.15, -0.1) is 0 Å². The minimum atomic E-state index is -0.442. The minimum absolute atomic E-state index is 0.241. The molecule has 4 nitrogen and oxygen atoms in total. The first-order chi connectivity index (χ1) is 12.5. The quantitative estimate of drug-likeness (QED) is 0.474. The monoisotopic (exact) mass is 385 g/mol. The third-order valence-corrected chi connectivity index (χ3v) is 4.60. The van der Waals surface area contributed by atoms with E-state index in [-0.39, 0.29) is 5.91 Å². The first-order valence-corrected chi connectivity index (χ1v) is 8.82. The molecule has 0 aliphatic rings. The molecule has 3 rings (SSSR count). The van der Waals surface area contributed by atoms with Gasteiger partial charge in [0.1, 0.15) is 6.04 Å². The van der Waals surface area contributed by atoms with Crippen LogP contribution in [0.3, 0.4) is 0 Å². The summed E-state index contributed by atoms with van der Waals surface area (Å²) in [6, 6.07) is 18.7. The van der Waals surface area contributed by atoms with Gasteiger partial charge in [0.2, 0.25) is 0 Å². The number of carbonyl (C=O) groups is 1. The number of hydrogen-bond acceptors (Lipinski definition) is 3. The van der Waals surface area contributed by atoms with Crippen molar-refractivity contribution in [1.29, 1.82) is 0 Å². The zero-order valence-corrected chi connectivity index (χ0v) is 15.6. The molecule has 0 spiro atoms. The molecule has 26 heavy (non-hydrogen) atoms. The summed E-state index contributed by atoms with van der Waals surface area (Å²) in [5.41, 5.74) is 4.13. The number of amides is 1. The highest BCUT2D eigenvalue weighted by molar-refractivity contribution is 6.42. The second kappa shape index (κ2) is 8.21. The van der Waals surface area contributed by atoms with Crippen molar-refractivity contribution >= 4 is 51.8 Å². The van der Waals surface area contributed by atoms with Crippen molar-refractivity contribution in [2.75, 3.05) is 5.32 Å². The zero-order chi connectivity index (χ0) is 18.5. The summed E-state index contributed by atoms with van der Waals surface area (Å²) in [5.74, 6) is -0.241. The van der Waals surface area contributed by atoms with E-state index < -0.39 is 6.04 Å². The molecule has 0 bridgehead atoms. The Morgan fingerprint density at radius 2 is 1.77 bits per heavy atom. The van der Waals surface area contributed by atoms with Crippen LogP contribution in [-0.2, 0) is 4.79 Å². The van der Waals surface area contributed by atoms with Crippen molar-refractivity contribution in [2.45, 2.75) is 13.0 Å². The summed E-state index contributed by atoms with van der Waals surface area (Å²) >= 11 is 11.8. The molecule has 1 amide bonds. The van der Waals surface area contributed by atoms with Crippen LogP contribution in [0.15, 0.2) is 65.8 Å². The molecule has 0 saturated heterocycles. The predicted molar refractivity (Wildman–Crippen MR) is 109 cm³/mol. The van der Waals surface area contributed by atoms with Crippen LogP contribution in [-0.4, -0.2) is 18.2 Å². The van der Waals surface area contributed by atoms with Gasteiger partial charge in [-0.05, 0) is 47.5 Å². The number of anilines is 1. The molecular weight excluding hydrogens is 369 g/mol. The second-order valence-corrected chi connectivity index (χ2v) is 6.65. The van der Waals surface area contributed by atoms with Crippen LogP contribution in [0.1, 0.15) is 12.5 Å². The number of rotatable bonds is 5. The normalized spacial score (nSPS) is 12.3. The molecule has 0 aliphatic carbocycles. The number of nitrogens with one attached hydrogen (secondary N) is 2. The van der Waals surface area contributed by atoms with Gasteiger partial charge in [-0.2, -0.15) is 5.10 Å². The summed E-state index contributed by atoms with van der Waals surface area (Å²) in [4.78, 5) is 12.2. The molecule has 1 atom stereocenters. The van der Waals surface area contributed by atoms with Crippen LogP contribution in [0.4, 0.5) is 5.69 Å². The smallest absolute Gasteiger partial charge is 0.262 e. The van der Waals surface area contributed by atoms with Crippen LogP contribution in [0, 0.1) is 0 Å². The Balaban J connectivity index is 1.59. The Kier molecular flexibility index (Phi) is 5.76. The number of hydrogen-bond donors (Lipinski definition) is 2. The summed E-state index contributed by atoms with van der Waals surface area (Å²) in [7, 11) is 0. The van der Waals surface area contributed by atoms with E-state index in [1.807, 2.05) is 42.5 Å². The van der Waals surface area contributed by atoms with Gasteiger partial charge < -0.3 is 5.32 Å². The minimum Gasteiger partial charge on any atom is -0.374 e. The molecule has 0 aromatic heterocycles. The molecule has 0 heterocycles. The van der Waals surface area contributed by atoms with Crippen molar-refractivity contribution in [3.8, 4) is 0 Å². The standard InChI is InChI=1S/C20H17Cl2N3O/c1-13(24-17-8-7-15-4-2-3-5-16(15)11-17)20(26)25-23-12-14-6-9-18(21)19(22)10-14/h2-13,24H,1H3,(H,25,26). The molecule has 3 aromatic rings. The first-order valence-electron chi connectivity index (χ1n) is 8.06. The van der Waals surface area contributed by atoms with Crippen LogP contribution in [0.25, 0.3) is 10.8 Å². The van der Waals surface area contributed by atoms with E-state index in [0.717, 1.165) is 22.0 Å². The number of fused-ring (bicyclic) bond motifs is 1. The lowest BCUT2D eigenvalue weighted by molar-refractivity contribution is -0.121. The maximum absolute atomic E-state index is 12.2. The molecule has 132 valence electrons. The number of halogens is 2. The predicted octanol–water partition coefficient (Wildman–Crippen LogP) is 5.10. The van der Waals surface area contributed by atoms with Gasteiger partial charge in [0.25, 0.3) is 5.91 Å². The fraction of sp³-hybridized carbons (Fsp3) is 0.100. The van der Waals surface area contributed by atoms with Gasteiger partial charge in [-0.1, -0.05) is 59.6 Å². The lowest BCUT2D eigenvalue weighted by Crippen LogP contribution is -2.34. The van der Waals surface area contributed by atoms with Gasteiger partial charge in [0.15, 0.2) is 0 Å². The lowest BCUT2D eigenvalue weighted by atomic mass is 10.1. The molecule has 0 fully saturated rings. The Bertz CT molecular complexity index is 972. The average Bonchev–Trinajstić information content (AvgIpc) is 2.64. The molecule has 0 radical (unpaired) electrons. The fourth-order valence-electron chi connectivity index (χ4n) is 2.45. The Labute approximate surface area is 161 Å². The zero-order valence-electron chi connectivity index (χ0n) is 14.0. The fourth-order valence-corrected chi connectivity index (χ4v) is 2.76. The topological polar surface area (TPSA) is 53.5 Å². The summed E-state index contributed by atoms with van der Waals surface area (Å²) in [5, 5.41) is 10.3. The third kappa shape index (κ3) is 4.54. The first kappa shape index (κ1) is 18.2.